The van der Waals surface area contributed by atoms with Gasteiger partial charge in [0.15, 0.2) is 0 Å². The number of hydrogen-bond donors (Lipinski definition) is 3. The number of anilines is 3. The standard InChI is InChI=1S/C11H20N6/c1-3-8-9(12)15-11(13)16-10(8)17-5-4-7(6-17)14-2/h7,14H,3-6H2,1-2H3,(H4,12,13,15,16)/t7-/m1/s1. The lowest BCUT2D eigenvalue weighted by Crippen LogP contribution is -2.30. The molecule has 94 valence electrons. The second-order valence-electron chi connectivity index (χ2n) is 4.34. The number of rotatable bonds is 3. The second-order valence-corrected chi connectivity index (χ2v) is 4.34. The van der Waals surface area contributed by atoms with E-state index in [2.05, 4.69) is 27.1 Å². The van der Waals surface area contributed by atoms with Crippen LogP contribution >= 0.6 is 0 Å². The fourth-order valence-corrected chi connectivity index (χ4v) is 2.30. The number of hydrogen-bond acceptors (Lipinski definition) is 6. The minimum Gasteiger partial charge on any atom is -0.383 e. The van der Waals surface area contributed by atoms with Gasteiger partial charge in [-0.3, -0.25) is 0 Å². The highest BCUT2D eigenvalue weighted by Crippen LogP contribution is 2.26. The Morgan fingerprint density at radius 2 is 2.18 bits per heavy atom. The van der Waals surface area contributed by atoms with E-state index in [0.29, 0.717) is 11.9 Å². The molecule has 0 aliphatic carbocycles. The molecule has 2 rings (SSSR count). The topological polar surface area (TPSA) is 93.1 Å². The third-order valence-electron chi connectivity index (χ3n) is 3.28. The largest absolute Gasteiger partial charge is 0.383 e. The molecule has 0 spiro atoms. The first-order valence-corrected chi connectivity index (χ1v) is 5.99. The minimum atomic E-state index is 0.252. The summed E-state index contributed by atoms with van der Waals surface area (Å²) in [5, 5.41) is 3.28. The van der Waals surface area contributed by atoms with E-state index in [4.69, 9.17) is 11.5 Å². The molecule has 5 N–H and O–H groups in total. The molecule has 6 heteroatoms. The van der Waals surface area contributed by atoms with Crippen LogP contribution in [0.3, 0.4) is 0 Å². The number of likely N-dealkylation sites (N-methyl/N-ethyl adjacent to an activating group) is 1. The normalized spacial score (nSPS) is 19.9. The van der Waals surface area contributed by atoms with Crippen LogP contribution < -0.4 is 21.7 Å². The predicted octanol–water partition coefficient (Wildman–Crippen LogP) is 0.00150. The Kier molecular flexibility index (Phi) is 3.33. The van der Waals surface area contributed by atoms with E-state index in [-0.39, 0.29) is 5.95 Å². The van der Waals surface area contributed by atoms with Crippen LogP contribution in [0.2, 0.25) is 0 Å². The van der Waals surface area contributed by atoms with Gasteiger partial charge in [0, 0.05) is 24.7 Å². The van der Waals surface area contributed by atoms with Gasteiger partial charge in [0.05, 0.1) is 0 Å². The van der Waals surface area contributed by atoms with Crippen molar-refractivity contribution < 1.29 is 0 Å². The molecule has 1 fully saturated rings. The number of nitrogens with two attached hydrogens (primary N) is 2. The first-order chi connectivity index (χ1) is 8.15. The lowest BCUT2D eigenvalue weighted by atomic mass is 10.2. The fourth-order valence-electron chi connectivity index (χ4n) is 2.30. The molecule has 6 nitrogen and oxygen atoms in total. The van der Waals surface area contributed by atoms with E-state index in [1.54, 1.807) is 0 Å². The summed E-state index contributed by atoms with van der Waals surface area (Å²) in [7, 11) is 1.98. The van der Waals surface area contributed by atoms with Crippen LogP contribution in [0.25, 0.3) is 0 Å². The van der Waals surface area contributed by atoms with Gasteiger partial charge in [0.25, 0.3) is 0 Å². The lowest BCUT2D eigenvalue weighted by Gasteiger charge is -2.21. The van der Waals surface area contributed by atoms with Crippen molar-refractivity contribution in [1.29, 1.82) is 0 Å². The van der Waals surface area contributed by atoms with E-state index >= 15 is 0 Å². The summed E-state index contributed by atoms with van der Waals surface area (Å²) in [6, 6.07) is 0.511. The van der Waals surface area contributed by atoms with Crippen LogP contribution in [0.1, 0.15) is 18.9 Å². The van der Waals surface area contributed by atoms with Crippen molar-refractivity contribution in [3.05, 3.63) is 5.56 Å². The van der Waals surface area contributed by atoms with Crippen molar-refractivity contribution in [2.75, 3.05) is 36.5 Å². The lowest BCUT2D eigenvalue weighted by molar-refractivity contribution is 0.616. The van der Waals surface area contributed by atoms with Crippen LogP contribution in [-0.2, 0) is 6.42 Å². The first-order valence-electron chi connectivity index (χ1n) is 5.99. The summed E-state index contributed by atoms with van der Waals surface area (Å²) in [4.78, 5) is 10.6. The van der Waals surface area contributed by atoms with E-state index in [0.717, 1.165) is 37.3 Å². The van der Waals surface area contributed by atoms with E-state index < -0.39 is 0 Å². The van der Waals surface area contributed by atoms with Gasteiger partial charge in [-0.2, -0.15) is 9.97 Å². The first kappa shape index (κ1) is 11.9. The van der Waals surface area contributed by atoms with Gasteiger partial charge in [-0.1, -0.05) is 6.92 Å². The summed E-state index contributed by atoms with van der Waals surface area (Å²) >= 11 is 0. The maximum absolute atomic E-state index is 5.89. The van der Waals surface area contributed by atoms with Gasteiger partial charge in [0.2, 0.25) is 5.95 Å². The predicted molar refractivity (Wildman–Crippen MR) is 69.9 cm³/mol. The van der Waals surface area contributed by atoms with Crippen molar-refractivity contribution in [3.63, 3.8) is 0 Å². The number of nitrogens with one attached hydrogen (secondary N) is 1. The molecule has 1 aromatic heterocycles. The number of aromatic nitrogens is 2. The van der Waals surface area contributed by atoms with Crippen LogP contribution in [0.4, 0.5) is 17.6 Å². The quantitative estimate of drug-likeness (QED) is 0.684. The van der Waals surface area contributed by atoms with E-state index in [1.165, 1.54) is 0 Å². The smallest absolute Gasteiger partial charge is 0.223 e. The maximum Gasteiger partial charge on any atom is 0.223 e. The van der Waals surface area contributed by atoms with Crippen LogP contribution in [0, 0.1) is 0 Å². The Morgan fingerprint density at radius 3 is 2.76 bits per heavy atom. The molecule has 1 aliphatic heterocycles. The molecule has 2 heterocycles. The summed E-state index contributed by atoms with van der Waals surface area (Å²) in [6.45, 7) is 3.98. The Balaban J connectivity index is 2.31. The van der Waals surface area contributed by atoms with Crippen LogP contribution in [-0.4, -0.2) is 36.1 Å². The van der Waals surface area contributed by atoms with Gasteiger partial charge in [0.1, 0.15) is 11.6 Å². The molecule has 0 aromatic carbocycles. The zero-order valence-electron chi connectivity index (χ0n) is 10.4. The average Bonchev–Trinajstić information content (AvgIpc) is 2.76. The fraction of sp³-hybridized carbons (Fsp3) is 0.636. The average molecular weight is 236 g/mol. The van der Waals surface area contributed by atoms with Crippen LogP contribution in [0.5, 0.6) is 0 Å². The molecule has 1 saturated heterocycles. The van der Waals surface area contributed by atoms with Crippen molar-refractivity contribution in [2.24, 2.45) is 0 Å². The molecule has 0 amide bonds. The third kappa shape index (κ3) is 2.26. The molecule has 0 saturated carbocycles. The Bertz CT molecular complexity index is 405. The third-order valence-corrected chi connectivity index (χ3v) is 3.28. The zero-order chi connectivity index (χ0) is 12.4. The van der Waals surface area contributed by atoms with Crippen molar-refractivity contribution in [2.45, 2.75) is 25.8 Å². The highest BCUT2D eigenvalue weighted by Gasteiger charge is 2.25. The Morgan fingerprint density at radius 1 is 1.41 bits per heavy atom. The van der Waals surface area contributed by atoms with Gasteiger partial charge in [-0.15, -0.1) is 0 Å². The molecule has 0 radical (unpaired) electrons. The maximum atomic E-state index is 5.89. The summed E-state index contributed by atoms with van der Waals surface area (Å²) < 4.78 is 0. The van der Waals surface area contributed by atoms with Gasteiger partial charge >= 0.3 is 0 Å². The SMILES string of the molecule is CCc1c(N)nc(N)nc1N1CC[C@@H](NC)C1. The highest BCUT2D eigenvalue weighted by atomic mass is 15.3. The molecule has 17 heavy (non-hydrogen) atoms. The Hall–Kier alpha value is -1.56. The number of nitrogen functional groups attached to an aromatic ring is 2. The van der Waals surface area contributed by atoms with Crippen molar-refractivity contribution in [3.8, 4) is 0 Å². The molecule has 0 bridgehead atoms. The van der Waals surface area contributed by atoms with E-state index in [1.807, 2.05) is 7.05 Å². The van der Waals surface area contributed by atoms with Gasteiger partial charge in [-0.05, 0) is 19.9 Å². The molecular formula is C11H20N6. The summed E-state index contributed by atoms with van der Waals surface area (Å²) in [5.41, 5.74) is 12.6. The highest BCUT2D eigenvalue weighted by molar-refractivity contribution is 5.60. The zero-order valence-corrected chi connectivity index (χ0v) is 10.4. The summed E-state index contributed by atoms with van der Waals surface area (Å²) in [6.07, 6.45) is 1.94. The van der Waals surface area contributed by atoms with Crippen LogP contribution in [0.15, 0.2) is 0 Å². The van der Waals surface area contributed by atoms with Gasteiger partial charge in [-0.25, -0.2) is 0 Å². The van der Waals surface area contributed by atoms with Crippen molar-refractivity contribution in [1.82, 2.24) is 15.3 Å². The molecule has 1 aromatic rings. The second kappa shape index (κ2) is 4.75. The molecule has 0 unspecified atom stereocenters. The summed E-state index contributed by atoms with van der Waals surface area (Å²) in [5.74, 6) is 1.65. The molecular weight excluding hydrogens is 216 g/mol. The Labute approximate surface area is 101 Å². The van der Waals surface area contributed by atoms with E-state index in [9.17, 15) is 0 Å². The van der Waals surface area contributed by atoms with Crippen molar-refractivity contribution >= 4 is 17.6 Å². The molecule has 1 aliphatic rings. The minimum absolute atomic E-state index is 0.252. The monoisotopic (exact) mass is 236 g/mol. The number of nitrogens with zero attached hydrogens (tertiary/aromatic N) is 3. The molecule has 1 atom stereocenters. The van der Waals surface area contributed by atoms with Gasteiger partial charge < -0.3 is 21.7 Å².